The van der Waals surface area contributed by atoms with Gasteiger partial charge in [-0.2, -0.15) is 0 Å². The number of ether oxygens (including phenoxy) is 1. The molecule has 0 radical (unpaired) electrons. The van der Waals surface area contributed by atoms with E-state index in [2.05, 4.69) is 11.4 Å². The van der Waals surface area contributed by atoms with Crippen LogP contribution in [0.1, 0.15) is 31.2 Å². The number of nitrogens with one attached hydrogen (secondary N) is 1. The van der Waals surface area contributed by atoms with E-state index in [0.29, 0.717) is 12.1 Å². The molecule has 0 heterocycles. The molecule has 1 aliphatic rings. The Hall–Kier alpha value is -1.23. The first kappa shape index (κ1) is 16.1. The van der Waals surface area contributed by atoms with Crippen LogP contribution in [0, 0.1) is 5.82 Å². The largest absolute Gasteiger partial charge is 0.389 e. The first-order valence-electron chi connectivity index (χ1n) is 7.63. The Morgan fingerprint density at radius 2 is 2.19 bits per heavy atom. The summed E-state index contributed by atoms with van der Waals surface area (Å²) in [6.07, 6.45) is 6.52. The van der Waals surface area contributed by atoms with Crippen molar-refractivity contribution in [3.05, 3.63) is 47.3 Å². The Kier molecular flexibility index (Phi) is 6.86. The van der Waals surface area contributed by atoms with Gasteiger partial charge < -0.3 is 15.2 Å². The van der Waals surface area contributed by atoms with Crippen molar-refractivity contribution >= 4 is 0 Å². The SMILES string of the molecule is OC(CNCCC1=CCCC1)COCc1ccccc1F. The van der Waals surface area contributed by atoms with Crippen LogP contribution >= 0.6 is 0 Å². The molecule has 1 aliphatic carbocycles. The standard InChI is InChI=1S/C17H24FNO2/c18-17-8-4-3-7-15(17)12-21-13-16(20)11-19-10-9-14-5-1-2-6-14/h3-5,7-8,16,19-20H,1-2,6,9-13H2. The summed E-state index contributed by atoms with van der Waals surface area (Å²) in [7, 11) is 0. The van der Waals surface area contributed by atoms with Gasteiger partial charge in [-0.15, -0.1) is 0 Å². The van der Waals surface area contributed by atoms with E-state index in [1.165, 1.54) is 30.9 Å². The summed E-state index contributed by atoms with van der Waals surface area (Å²) >= 11 is 0. The highest BCUT2D eigenvalue weighted by Gasteiger charge is 2.07. The number of rotatable bonds is 9. The third-order valence-electron chi connectivity index (χ3n) is 3.66. The minimum Gasteiger partial charge on any atom is -0.389 e. The van der Waals surface area contributed by atoms with Crippen LogP contribution < -0.4 is 5.32 Å². The molecule has 3 nitrogen and oxygen atoms in total. The summed E-state index contributed by atoms with van der Waals surface area (Å²) in [6.45, 7) is 1.79. The second-order valence-corrected chi connectivity index (χ2v) is 5.47. The Labute approximate surface area is 125 Å². The van der Waals surface area contributed by atoms with Gasteiger partial charge in [0.2, 0.25) is 0 Å². The summed E-state index contributed by atoms with van der Waals surface area (Å²) < 4.78 is 18.7. The van der Waals surface area contributed by atoms with E-state index in [4.69, 9.17) is 4.74 Å². The molecule has 2 rings (SSSR count). The van der Waals surface area contributed by atoms with Crippen molar-refractivity contribution in [2.45, 2.75) is 38.4 Å². The number of benzene rings is 1. The lowest BCUT2D eigenvalue weighted by Gasteiger charge is -2.13. The highest BCUT2D eigenvalue weighted by Crippen LogP contribution is 2.19. The summed E-state index contributed by atoms with van der Waals surface area (Å²) in [5.41, 5.74) is 2.04. The molecule has 0 amide bonds. The Bertz CT molecular complexity index is 462. The van der Waals surface area contributed by atoms with Crippen LogP contribution in [0.25, 0.3) is 0 Å². The lowest BCUT2D eigenvalue weighted by Crippen LogP contribution is -2.31. The van der Waals surface area contributed by atoms with E-state index in [1.54, 1.807) is 18.2 Å². The van der Waals surface area contributed by atoms with E-state index in [0.717, 1.165) is 13.0 Å². The van der Waals surface area contributed by atoms with Crippen molar-refractivity contribution in [1.82, 2.24) is 5.32 Å². The maximum Gasteiger partial charge on any atom is 0.128 e. The van der Waals surface area contributed by atoms with Crippen LogP contribution in [0.4, 0.5) is 4.39 Å². The number of halogens is 1. The Balaban J connectivity index is 1.53. The van der Waals surface area contributed by atoms with E-state index >= 15 is 0 Å². The number of allylic oxidation sites excluding steroid dienone is 1. The molecule has 0 spiro atoms. The second-order valence-electron chi connectivity index (χ2n) is 5.47. The zero-order chi connectivity index (χ0) is 14.9. The minimum absolute atomic E-state index is 0.191. The van der Waals surface area contributed by atoms with Crippen LogP contribution in [0.3, 0.4) is 0 Å². The van der Waals surface area contributed by atoms with E-state index in [9.17, 15) is 9.50 Å². The maximum absolute atomic E-state index is 13.4. The van der Waals surface area contributed by atoms with Gasteiger partial charge in [-0.25, -0.2) is 4.39 Å². The highest BCUT2D eigenvalue weighted by atomic mass is 19.1. The molecular formula is C17H24FNO2. The van der Waals surface area contributed by atoms with Crippen LogP contribution in [0.15, 0.2) is 35.9 Å². The normalized spacial score (nSPS) is 16.0. The van der Waals surface area contributed by atoms with Crippen LogP contribution in [-0.2, 0) is 11.3 Å². The third kappa shape index (κ3) is 5.96. The van der Waals surface area contributed by atoms with E-state index < -0.39 is 6.10 Å². The fourth-order valence-electron chi connectivity index (χ4n) is 2.46. The number of hydrogen-bond acceptors (Lipinski definition) is 3. The number of hydrogen-bond donors (Lipinski definition) is 2. The monoisotopic (exact) mass is 293 g/mol. The minimum atomic E-state index is -0.561. The predicted octanol–water partition coefficient (Wildman–Crippen LogP) is 2.79. The van der Waals surface area contributed by atoms with Gasteiger partial charge in [0.25, 0.3) is 0 Å². The van der Waals surface area contributed by atoms with Gasteiger partial charge in [0, 0.05) is 12.1 Å². The second kappa shape index (κ2) is 8.93. The molecule has 1 aromatic carbocycles. The number of aliphatic hydroxyl groups is 1. The summed E-state index contributed by atoms with van der Waals surface area (Å²) in [6, 6.07) is 6.53. The maximum atomic E-state index is 13.4. The van der Waals surface area contributed by atoms with Gasteiger partial charge in [0.1, 0.15) is 5.82 Å². The van der Waals surface area contributed by atoms with Gasteiger partial charge in [-0.3, -0.25) is 0 Å². The van der Waals surface area contributed by atoms with Crippen molar-refractivity contribution in [3.63, 3.8) is 0 Å². The molecule has 0 saturated heterocycles. The molecule has 1 atom stereocenters. The highest BCUT2D eigenvalue weighted by molar-refractivity contribution is 5.16. The third-order valence-corrected chi connectivity index (χ3v) is 3.66. The molecular weight excluding hydrogens is 269 g/mol. The van der Waals surface area contributed by atoms with Gasteiger partial charge in [0.05, 0.1) is 19.3 Å². The number of aliphatic hydroxyl groups excluding tert-OH is 1. The average Bonchev–Trinajstić information content (AvgIpc) is 2.99. The van der Waals surface area contributed by atoms with Crippen LogP contribution in [0.5, 0.6) is 0 Å². The van der Waals surface area contributed by atoms with Crippen molar-refractivity contribution < 1.29 is 14.2 Å². The summed E-state index contributed by atoms with van der Waals surface area (Å²) in [5, 5.41) is 13.0. The van der Waals surface area contributed by atoms with E-state index in [1.807, 2.05) is 0 Å². The quantitative estimate of drug-likeness (QED) is 0.543. The fraction of sp³-hybridized carbons (Fsp3) is 0.529. The zero-order valence-electron chi connectivity index (χ0n) is 12.4. The summed E-state index contributed by atoms with van der Waals surface area (Å²) in [5.74, 6) is -0.269. The van der Waals surface area contributed by atoms with Crippen LogP contribution in [0.2, 0.25) is 0 Å². The lowest BCUT2D eigenvalue weighted by atomic mass is 10.2. The van der Waals surface area contributed by atoms with Crippen LogP contribution in [-0.4, -0.2) is 30.9 Å². The van der Waals surface area contributed by atoms with E-state index in [-0.39, 0.29) is 19.0 Å². The van der Waals surface area contributed by atoms with Gasteiger partial charge in [-0.05, 0) is 38.3 Å². The molecule has 0 aromatic heterocycles. The smallest absolute Gasteiger partial charge is 0.128 e. The van der Waals surface area contributed by atoms with Gasteiger partial charge in [-0.1, -0.05) is 29.8 Å². The first-order chi connectivity index (χ1) is 10.3. The molecule has 2 N–H and O–H groups in total. The first-order valence-corrected chi connectivity index (χ1v) is 7.63. The van der Waals surface area contributed by atoms with Crippen molar-refractivity contribution in [3.8, 4) is 0 Å². The van der Waals surface area contributed by atoms with Gasteiger partial charge in [0.15, 0.2) is 0 Å². The molecule has 4 heteroatoms. The molecule has 0 fully saturated rings. The van der Waals surface area contributed by atoms with Crippen molar-refractivity contribution in [2.24, 2.45) is 0 Å². The zero-order valence-corrected chi connectivity index (χ0v) is 12.4. The summed E-state index contributed by atoms with van der Waals surface area (Å²) in [4.78, 5) is 0. The van der Waals surface area contributed by atoms with Crippen molar-refractivity contribution in [2.75, 3.05) is 19.7 Å². The molecule has 0 bridgehead atoms. The Morgan fingerprint density at radius 1 is 1.33 bits per heavy atom. The molecule has 21 heavy (non-hydrogen) atoms. The van der Waals surface area contributed by atoms with Gasteiger partial charge >= 0.3 is 0 Å². The molecule has 116 valence electrons. The fourth-order valence-corrected chi connectivity index (χ4v) is 2.46. The average molecular weight is 293 g/mol. The predicted molar refractivity (Wildman–Crippen MR) is 81.5 cm³/mol. The lowest BCUT2D eigenvalue weighted by molar-refractivity contribution is 0.0280. The molecule has 0 saturated carbocycles. The van der Waals surface area contributed by atoms with Crippen molar-refractivity contribution in [1.29, 1.82) is 0 Å². The molecule has 1 unspecified atom stereocenters. The Morgan fingerprint density at radius 3 is 2.95 bits per heavy atom. The topological polar surface area (TPSA) is 41.5 Å². The molecule has 1 aromatic rings. The molecule has 0 aliphatic heterocycles.